The number of rotatable bonds is 4. The Kier molecular flexibility index (Phi) is 6.21. The lowest BCUT2D eigenvalue weighted by atomic mass is 9.95. The first-order chi connectivity index (χ1) is 16.6. The molecule has 11 heteroatoms. The maximum atomic E-state index is 13.6. The summed E-state index contributed by atoms with van der Waals surface area (Å²) >= 11 is 6.26. The summed E-state index contributed by atoms with van der Waals surface area (Å²) in [7, 11) is 0. The average molecular weight is 510 g/mol. The maximum Gasteiger partial charge on any atom is 0.430 e. The SMILES string of the molecule is CC1(n2c(N3CCC(C(=O)N[C@@H]4CCOC4)CC3)nc3ccc(Cl)cc32)C=CC=C(C(F)(F)F)N1. The maximum absolute atomic E-state index is 13.6. The zero-order chi connectivity index (χ0) is 24.8. The molecule has 35 heavy (non-hydrogen) atoms. The number of hydrogen-bond donors (Lipinski definition) is 2. The van der Waals surface area contributed by atoms with Gasteiger partial charge in [-0.15, -0.1) is 0 Å². The lowest BCUT2D eigenvalue weighted by Crippen LogP contribution is -2.49. The van der Waals surface area contributed by atoms with Crippen LogP contribution in [-0.4, -0.2) is 54.0 Å². The number of carbonyl (C=O) groups is 1. The van der Waals surface area contributed by atoms with E-state index in [0.29, 0.717) is 61.1 Å². The minimum Gasteiger partial charge on any atom is -0.379 e. The number of aromatic nitrogens is 2. The highest BCUT2D eigenvalue weighted by Gasteiger charge is 2.41. The number of anilines is 1. The van der Waals surface area contributed by atoms with E-state index in [1.807, 2.05) is 4.90 Å². The fraction of sp³-hybridized carbons (Fsp3) is 0.500. The molecule has 0 saturated carbocycles. The molecule has 1 aromatic heterocycles. The van der Waals surface area contributed by atoms with Gasteiger partial charge in [-0.25, -0.2) is 4.98 Å². The monoisotopic (exact) mass is 509 g/mol. The predicted octanol–water partition coefficient (Wildman–Crippen LogP) is 4.09. The summed E-state index contributed by atoms with van der Waals surface area (Å²) in [6, 6.07) is 5.25. The molecule has 1 amide bonds. The van der Waals surface area contributed by atoms with Gasteiger partial charge in [0.1, 0.15) is 11.4 Å². The van der Waals surface area contributed by atoms with Gasteiger partial charge in [0.15, 0.2) is 0 Å². The van der Waals surface area contributed by atoms with Crippen molar-refractivity contribution in [3.8, 4) is 0 Å². The molecule has 3 aliphatic heterocycles. The van der Waals surface area contributed by atoms with Crippen molar-refractivity contribution in [2.24, 2.45) is 5.92 Å². The molecule has 7 nitrogen and oxygen atoms in total. The molecule has 2 atom stereocenters. The van der Waals surface area contributed by atoms with Gasteiger partial charge < -0.3 is 20.3 Å². The fourth-order valence-corrected chi connectivity index (χ4v) is 5.16. The number of allylic oxidation sites excluding steroid dienone is 3. The number of alkyl halides is 3. The van der Waals surface area contributed by atoms with Gasteiger partial charge in [-0.05, 0) is 56.5 Å². The smallest absolute Gasteiger partial charge is 0.379 e. The van der Waals surface area contributed by atoms with Crippen LogP contribution in [0, 0.1) is 5.92 Å². The van der Waals surface area contributed by atoms with Crippen LogP contribution in [0.4, 0.5) is 19.1 Å². The van der Waals surface area contributed by atoms with Crippen LogP contribution in [0.5, 0.6) is 0 Å². The van der Waals surface area contributed by atoms with Gasteiger partial charge in [-0.1, -0.05) is 17.7 Å². The first-order valence-corrected chi connectivity index (χ1v) is 12.1. The van der Waals surface area contributed by atoms with Crippen molar-refractivity contribution in [3.63, 3.8) is 0 Å². The first kappa shape index (κ1) is 24.0. The van der Waals surface area contributed by atoms with Crippen molar-refractivity contribution < 1.29 is 22.7 Å². The van der Waals surface area contributed by atoms with Crippen LogP contribution in [0.1, 0.15) is 26.2 Å². The van der Waals surface area contributed by atoms with Crippen molar-refractivity contribution in [1.82, 2.24) is 20.2 Å². The second-order valence-corrected chi connectivity index (χ2v) is 9.86. The van der Waals surface area contributed by atoms with Crippen LogP contribution < -0.4 is 15.5 Å². The summed E-state index contributed by atoms with van der Waals surface area (Å²) in [5, 5.41) is 6.19. The predicted molar refractivity (Wildman–Crippen MR) is 127 cm³/mol. The average Bonchev–Trinajstić information content (AvgIpc) is 3.46. The van der Waals surface area contributed by atoms with Crippen molar-refractivity contribution in [1.29, 1.82) is 0 Å². The molecular weight excluding hydrogens is 483 g/mol. The van der Waals surface area contributed by atoms with E-state index in [4.69, 9.17) is 21.3 Å². The van der Waals surface area contributed by atoms with E-state index >= 15 is 0 Å². The Morgan fingerprint density at radius 2 is 2.06 bits per heavy atom. The van der Waals surface area contributed by atoms with Crippen LogP contribution in [0.2, 0.25) is 5.02 Å². The van der Waals surface area contributed by atoms with E-state index in [1.54, 1.807) is 35.8 Å². The molecule has 0 radical (unpaired) electrons. The van der Waals surface area contributed by atoms with Crippen molar-refractivity contribution >= 4 is 34.5 Å². The third kappa shape index (κ3) is 4.73. The number of amides is 1. The van der Waals surface area contributed by atoms with Gasteiger partial charge in [0.05, 0.1) is 23.7 Å². The number of carbonyl (C=O) groups excluding carboxylic acids is 1. The highest BCUT2D eigenvalue weighted by Crippen LogP contribution is 2.37. The largest absolute Gasteiger partial charge is 0.430 e. The highest BCUT2D eigenvalue weighted by molar-refractivity contribution is 6.31. The Hall–Kier alpha value is -2.72. The van der Waals surface area contributed by atoms with E-state index in [2.05, 4.69) is 10.6 Å². The molecule has 1 aromatic carbocycles. The summed E-state index contributed by atoms with van der Waals surface area (Å²) in [5.74, 6) is 0.444. The van der Waals surface area contributed by atoms with Crippen molar-refractivity contribution in [2.75, 3.05) is 31.2 Å². The Morgan fingerprint density at radius 3 is 2.74 bits per heavy atom. The van der Waals surface area contributed by atoms with Crippen LogP contribution in [0.15, 0.2) is 42.1 Å². The Labute approximate surface area is 205 Å². The number of halogens is 4. The third-order valence-electron chi connectivity index (χ3n) is 6.86. The second kappa shape index (κ2) is 9.05. The summed E-state index contributed by atoms with van der Waals surface area (Å²) in [6.45, 7) is 3.99. The molecule has 2 N–H and O–H groups in total. The lowest BCUT2D eigenvalue weighted by molar-refractivity contribution is -0.126. The van der Waals surface area contributed by atoms with Crippen molar-refractivity contribution in [2.45, 2.75) is 44.1 Å². The summed E-state index contributed by atoms with van der Waals surface area (Å²) in [6.07, 6.45) is 1.66. The fourth-order valence-electron chi connectivity index (χ4n) is 5.00. The summed E-state index contributed by atoms with van der Waals surface area (Å²) in [5.41, 5.74) is -0.810. The lowest BCUT2D eigenvalue weighted by Gasteiger charge is -2.39. The van der Waals surface area contributed by atoms with Gasteiger partial charge in [-0.3, -0.25) is 9.36 Å². The number of hydrogen-bond acceptors (Lipinski definition) is 5. The number of dihydropyridines is 1. The van der Waals surface area contributed by atoms with Gasteiger partial charge in [0.2, 0.25) is 11.9 Å². The topological polar surface area (TPSA) is 71.4 Å². The van der Waals surface area contributed by atoms with E-state index in [-0.39, 0.29) is 17.9 Å². The molecule has 188 valence electrons. The molecule has 2 saturated heterocycles. The normalized spacial score (nSPS) is 25.6. The van der Waals surface area contributed by atoms with E-state index in [0.717, 1.165) is 12.5 Å². The van der Waals surface area contributed by atoms with Crippen LogP contribution >= 0.6 is 11.6 Å². The molecule has 0 aliphatic carbocycles. The zero-order valence-electron chi connectivity index (χ0n) is 19.2. The third-order valence-corrected chi connectivity index (χ3v) is 7.10. The second-order valence-electron chi connectivity index (χ2n) is 9.42. The molecule has 3 aliphatic rings. The molecule has 0 bridgehead atoms. The number of fused-ring (bicyclic) bond motifs is 1. The minimum atomic E-state index is -4.52. The number of benzene rings is 1. The molecule has 5 rings (SSSR count). The molecule has 2 aromatic rings. The molecule has 1 unspecified atom stereocenters. The number of ether oxygens (including phenoxy) is 1. The Morgan fingerprint density at radius 1 is 1.29 bits per heavy atom. The molecule has 4 heterocycles. The first-order valence-electron chi connectivity index (χ1n) is 11.7. The van der Waals surface area contributed by atoms with Crippen LogP contribution in [0.3, 0.4) is 0 Å². The number of piperidine rings is 1. The molecule has 0 spiro atoms. The van der Waals surface area contributed by atoms with Gasteiger partial charge >= 0.3 is 6.18 Å². The van der Waals surface area contributed by atoms with E-state index in [9.17, 15) is 18.0 Å². The molecule has 2 fully saturated rings. The van der Waals surface area contributed by atoms with Gasteiger partial charge in [-0.2, -0.15) is 13.2 Å². The molecular formula is C24H27ClF3N5O2. The zero-order valence-corrected chi connectivity index (χ0v) is 20.0. The summed E-state index contributed by atoms with van der Waals surface area (Å²) < 4.78 is 47.8. The van der Waals surface area contributed by atoms with E-state index in [1.165, 1.54) is 6.08 Å². The van der Waals surface area contributed by atoms with Gasteiger partial charge in [0, 0.05) is 30.6 Å². The van der Waals surface area contributed by atoms with E-state index < -0.39 is 17.5 Å². The highest BCUT2D eigenvalue weighted by atomic mass is 35.5. The Balaban J connectivity index is 1.42. The van der Waals surface area contributed by atoms with Crippen molar-refractivity contribution in [3.05, 3.63) is 47.1 Å². The number of nitrogens with one attached hydrogen (secondary N) is 2. The number of nitrogens with zero attached hydrogens (tertiary/aromatic N) is 3. The minimum absolute atomic E-state index is 0.0317. The number of imidazole rings is 1. The Bertz CT molecular complexity index is 1180. The quantitative estimate of drug-likeness (QED) is 0.649. The van der Waals surface area contributed by atoms with Crippen LogP contribution in [-0.2, 0) is 15.2 Å². The standard InChI is InChI=1S/C24H27ClF3N5O2/c1-23(9-2-3-20(31-23)24(26,27)28)33-19-13-16(25)4-5-18(19)30-22(33)32-10-6-15(7-11-32)21(34)29-17-8-12-35-14-17/h2-5,9,13,15,17,31H,6-8,10-12,14H2,1H3,(H,29,34)/t17-,23?/m1/s1. The van der Waals surface area contributed by atoms with Crippen LogP contribution in [0.25, 0.3) is 11.0 Å². The van der Waals surface area contributed by atoms with Gasteiger partial charge in [0.25, 0.3) is 0 Å². The summed E-state index contributed by atoms with van der Waals surface area (Å²) in [4.78, 5) is 19.5.